The molecule has 1 fully saturated rings. The van der Waals surface area contributed by atoms with Crippen LogP contribution in [-0.4, -0.2) is 69.1 Å². The first-order valence-electron chi connectivity index (χ1n) is 12.2. The highest BCUT2D eigenvalue weighted by atomic mass is 35.5. The Morgan fingerprint density at radius 1 is 1.11 bits per heavy atom. The third-order valence-corrected chi connectivity index (χ3v) is 9.98. The SMILES string of the molecule is CN(CCc1ccc(C2=NCCN2)cc1)C(=O)[C@@H]1CCC[C@H](N(C)S(=O)(=O)c2cccc(Cl)c2Cl)C1. The number of amides is 1. The number of hydrogen-bond acceptors (Lipinski definition) is 5. The summed E-state index contributed by atoms with van der Waals surface area (Å²) in [4.78, 5) is 19.4. The van der Waals surface area contributed by atoms with Gasteiger partial charge in [0.2, 0.25) is 15.9 Å². The fourth-order valence-electron chi connectivity index (χ4n) is 4.89. The molecule has 1 saturated carbocycles. The molecule has 0 unspecified atom stereocenters. The average Bonchev–Trinajstić information content (AvgIpc) is 3.43. The van der Waals surface area contributed by atoms with E-state index in [-0.39, 0.29) is 32.8 Å². The minimum absolute atomic E-state index is 0.00784. The van der Waals surface area contributed by atoms with Crippen LogP contribution in [0.5, 0.6) is 0 Å². The summed E-state index contributed by atoms with van der Waals surface area (Å²) in [6, 6.07) is 12.6. The number of rotatable bonds is 8. The number of carbonyl (C=O) groups is 1. The Balaban J connectivity index is 1.35. The summed E-state index contributed by atoms with van der Waals surface area (Å²) in [5, 5.41) is 3.49. The summed E-state index contributed by atoms with van der Waals surface area (Å²) in [6.07, 6.45) is 3.49. The van der Waals surface area contributed by atoms with Gasteiger partial charge in [0, 0.05) is 44.7 Å². The highest BCUT2D eigenvalue weighted by Crippen LogP contribution is 2.35. The maximum absolute atomic E-state index is 13.3. The second-order valence-electron chi connectivity index (χ2n) is 9.45. The fraction of sp³-hybridized carbons (Fsp3) is 0.462. The summed E-state index contributed by atoms with van der Waals surface area (Å²) in [5.74, 6) is 0.785. The molecule has 0 saturated heterocycles. The fourth-order valence-corrected chi connectivity index (χ4v) is 7.02. The van der Waals surface area contributed by atoms with Gasteiger partial charge < -0.3 is 10.2 Å². The first-order chi connectivity index (χ1) is 17.2. The zero-order valence-corrected chi connectivity index (χ0v) is 22.9. The van der Waals surface area contributed by atoms with Gasteiger partial charge in [0.15, 0.2) is 0 Å². The normalized spacial score (nSPS) is 20.2. The van der Waals surface area contributed by atoms with Crippen LogP contribution in [0.4, 0.5) is 0 Å². The van der Waals surface area contributed by atoms with Crippen molar-refractivity contribution in [1.29, 1.82) is 0 Å². The second kappa shape index (κ2) is 11.5. The summed E-state index contributed by atoms with van der Waals surface area (Å²) in [6.45, 7) is 2.29. The molecule has 2 aliphatic rings. The van der Waals surface area contributed by atoms with Gasteiger partial charge >= 0.3 is 0 Å². The van der Waals surface area contributed by atoms with Crippen LogP contribution in [0.25, 0.3) is 0 Å². The van der Waals surface area contributed by atoms with E-state index in [1.165, 1.54) is 10.4 Å². The molecular weight excluding hydrogens is 519 g/mol. The molecule has 0 aromatic heterocycles. The van der Waals surface area contributed by atoms with Crippen LogP contribution >= 0.6 is 23.2 Å². The summed E-state index contributed by atoms with van der Waals surface area (Å²) >= 11 is 12.2. The molecule has 1 amide bonds. The Labute approximate surface area is 223 Å². The lowest BCUT2D eigenvalue weighted by Gasteiger charge is -2.35. The smallest absolute Gasteiger partial charge is 0.244 e. The Morgan fingerprint density at radius 3 is 2.56 bits per heavy atom. The van der Waals surface area contributed by atoms with E-state index in [0.29, 0.717) is 19.4 Å². The van der Waals surface area contributed by atoms with Gasteiger partial charge in [0.1, 0.15) is 10.7 Å². The Kier molecular flexibility index (Phi) is 8.60. The van der Waals surface area contributed by atoms with E-state index < -0.39 is 10.0 Å². The van der Waals surface area contributed by atoms with Crippen molar-refractivity contribution in [2.75, 3.05) is 33.7 Å². The van der Waals surface area contributed by atoms with Crippen molar-refractivity contribution in [3.8, 4) is 0 Å². The molecule has 4 rings (SSSR count). The van der Waals surface area contributed by atoms with Crippen LogP contribution in [0, 0.1) is 5.92 Å². The number of nitrogens with one attached hydrogen (secondary N) is 1. The minimum atomic E-state index is -3.84. The van der Waals surface area contributed by atoms with Gasteiger partial charge in [-0.3, -0.25) is 9.79 Å². The van der Waals surface area contributed by atoms with Gasteiger partial charge in [-0.1, -0.05) is 60.0 Å². The number of nitrogens with zero attached hydrogens (tertiary/aromatic N) is 3. The summed E-state index contributed by atoms with van der Waals surface area (Å²) < 4.78 is 27.9. The lowest BCUT2D eigenvalue weighted by Crippen LogP contribution is -2.44. The van der Waals surface area contributed by atoms with Gasteiger partial charge in [0.05, 0.1) is 16.6 Å². The number of amidine groups is 1. The summed E-state index contributed by atoms with van der Waals surface area (Å²) in [7, 11) is -0.455. The molecule has 2 atom stereocenters. The lowest BCUT2D eigenvalue weighted by molar-refractivity contribution is -0.135. The van der Waals surface area contributed by atoms with Crippen molar-refractivity contribution in [2.24, 2.45) is 10.9 Å². The van der Waals surface area contributed by atoms with Crippen LogP contribution in [0.2, 0.25) is 10.0 Å². The number of hydrogen-bond donors (Lipinski definition) is 1. The van der Waals surface area contributed by atoms with Crippen molar-refractivity contribution >= 4 is 45.0 Å². The van der Waals surface area contributed by atoms with E-state index in [1.807, 2.05) is 7.05 Å². The molecule has 0 spiro atoms. The molecule has 1 N–H and O–H groups in total. The third-order valence-electron chi connectivity index (χ3n) is 7.10. The van der Waals surface area contributed by atoms with Crippen molar-refractivity contribution in [3.63, 3.8) is 0 Å². The van der Waals surface area contributed by atoms with E-state index >= 15 is 0 Å². The molecule has 36 heavy (non-hydrogen) atoms. The zero-order chi connectivity index (χ0) is 25.9. The molecule has 2 aromatic carbocycles. The van der Waals surface area contributed by atoms with Crippen LogP contribution < -0.4 is 5.32 Å². The topological polar surface area (TPSA) is 82.1 Å². The quantitative estimate of drug-likeness (QED) is 0.533. The molecule has 7 nitrogen and oxygen atoms in total. The number of halogens is 2. The van der Waals surface area contributed by atoms with Crippen LogP contribution in [-0.2, 0) is 21.2 Å². The Hall–Kier alpha value is -2.13. The van der Waals surface area contributed by atoms with Gasteiger partial charge in [-0.15, -0.1) is 0 Å². The number of sulfonamides is 1. The number of likely N-dealkylation sites (N-methyl/N-ethyl adjacent to an activating group) is 1. The molecule has 194 valence electrons. The monoisotopic (exact) mass is 550 g/mol. The summed E-state index contributed by atoms with van der Waals surface area (Å²) in [5.41, 5.74) is 2.23. The highest BCUT2D eigenvalue weighted by Gasteiger charge is 2.36. The average molecular weight is 552 g/mol. The predicted octanol–water partition coefficient (Wildman–Crippen LogP) is 4.22. The van der Waals surface area contributed by atoms with E-state index in [2.05, 4.69) is 34.6 Å². The molecule has 0 bridgehead atoms. The van der Waals surface area contributed by atoms with E-state index in [4.69, 9.17) is 23.2 Å². The first kappa shape index (κ1) is 26.9. The third kappa shape index (κ3) is 5.88. The lowest BCUT2D eigenvalue weighted by atomic mass is 9.85. The molecule has 1 aliphatic heterocycles. The molecule has 0 radical (unpaired) electrons. The van der Waals surface area contributed by atoms with Gasteiger partial charge in [-0.05, 0) is 43.4 Å². The second-order valence-corrected chi connectivity index (χ2v) is 12.2. The van der Waals surface area contributed by atoms with Crippen LogP contribution in [0.3, 0.4) is 0 Å². The minimum Gasteiger partial charge on any atom is -0.368 e. The van der Waals surface area contributed by atoms with E-state index in [9.17, 15) is 13.2 Å². The molecule has 1 heterocycles. The number of aliphatic imine (C=N–C) groups is 1. The maximum atomic E-state index is 13.3. The number of carbonyl (C=O) groups excluding carboxylic acids is 1. The van der Waals surface area contributed by atoms with Crippen molar-refractivity contribution in [2.45, 2.75) is 43.0 Å². The first-order valence-corrected chi connectivity index (χ1v) is 14.4. The predicted molar refractivity (Wildman–Crippen MR) is 144 cm³/mol. The van der Waals surface area contributed by atoms with Crippen LogP contribution in [0.15, 0.2) is 52.4 Å². The molecule has 1 aliphatic carbocycles. The Bertz CT molecular complexity index is 1230. The maximum Gasteiger partial charge on any atom is 0.244 e. The van der Waals surface area contributed by atoms with Gasteiger partial charge in [-0.25, -0.2) is 8.42 Å². The largest absolute Gasteiger partial charge is 0.368 e. The Morgan fingerprint density at radius 2 is 1.86 bits per heavy atom. The zero-order valence-electron chi connectivity index (χ0n) is 20.6. The van der Waals surface area contributed by atoms with Crippen molar-refractivity contribution in [3.05, 3.63) is 63.6 Å². The van der Waals surface area contributed by atoms with Gasteiger partial charge in [0.25, 0.3) is 0 Å². The van der Waals surface area contributed by atoms with Gasteiger partial charge in [-0.2, -0.15) is 4.31 Å². The highest BCUT2D eigenvalue weighted by molar-refractivity contribution is 7.89. The van der Waals surface area contributed by atoms with E-state index in [1.54, 1.807) is 24.1 Å². The van der Waals surface area contributed by atoms with E-state index in [0.717, 1.165) is 49.3 Å². The molecule has 2 aromatic rings. The van der Waals surface area contributed by atoms with Crippen molar-refractivity contribution < 1.29 is 13.2 Å². The number of benzene rings is 2. The standard InChI is InChI=1S/C26H32Cl2N4O3S/c1-31(16-13-18-9-11-19(12-10-18)25-29-14-15-30-25)26(33)20-5-3-6-21(17-20)32(2)36(34,35)23-8-4-7-22(27)24(23)28/h4,7-12,20-21H,3,5-6,13-17H2,1-2H3,(H,29,30)/t20-,21+/m1/s1. The van der Waals surface area contributed by atoms with Crippen molar-refractivity contribution in [1.82, 2.24) is 14.5 Å². The van der Waals surface area contributed by atoms with Crippen LogP contribution in [0.1, 0.15) is 36.8 Å². The molecular formula is C26H32Cl2N4O3S. The molecule has 10 heteroatoms.